The van der Waals surface area contributed by atoms with Gasteiger partial charge in [-0.25, -0.2) is 4.39 Å². The van der Waals surface area contributed by atoms with Crippen molar-refractivity contribution in [3.05, 3.63) is 65.0 Å². The van der Waals surface area contributed by atoms with Gasteiger partial charge in [0.1, 0.15) is 6.61 Å². The SMILES string of the molecule is CCOC(=O)CCNCc1ccc(OCc2ccc(C)cc2)c(F)c1. The third-order valence-electron chi connectivity index (χ3n) is 3.65. The van der Waals surface area contributed by atoms with Crippen LogP contribution in [0.4, 0.5) is 4.39 Å². The second kappa shape index (κ2) is 9.79. The molecule has 0 fully saturated rings. The molecule has 5 heteroatoms. The Kier molecular flexibility index (Phi) is 7.41. The molecule has 0 spiro atoms. The van der Waals surface area contributed by atoms with Crippen LogP contribution in [0, 0.1) is 12.7 Å². The van der Waals surface area contributed by atoms with Gasteiger partial charge in [-0.3, -0.25) is 4.79 Å². The van der Waals surface area contributed by atoms with E-state index in [1.54, 1.807) is 13.0 Å². The molecule has 2 aromatic carbocycles. The average Bonchev–Trinajstić information content (AvgIpc) is 2.60. The third kappa shape index (κ3) is 6.55. The molecule has 2 aromatic rings. The van der Waals surface area contributed by atoms with Gasteiger partial charge in [0, 0.05) is 13.1 Å². The normalized spacial score (nSPS) is 10.5. The van der Waals surface area contributed by atoms with Gasteiger partial charge in [-0.05, 0) is 37.1 Å². The summed E-state index contributed by atoms with van der Waals surface area (Å²) in [7, 11) is 0. The lowest BCUT2D eigenvalue weighted by molar-refractivity contribution is -0.142. The van der Waals surface area contributed by atoms with E-state index >= 15 is 0 Å². The zero-order valence-corrected chi connectivity index (χ0v) is 14.7. The van der Waals surface area contributed by atoms with Crippen LogP contribution >= 0.6 is 0 Å². The summed E-state index contributed by atoms with van der Waals surface area (Å²) in [5.74, 6) is -0.395. The molecule has 0 atom stereocenters. The Morgan fingerprint density at radius 2 is 1.84 bits per heavy atom. The summed E-state index contributed by atoms with van der Waals surface area (Å²) in [5, 5.41) is 3.09. The molecule has 0 saturated heterocycles. The van der Waals surface area contributed by atoms with Gasteiger partial charge >= 0.3 is 5.97 Å². The van der Waals surface area contributed by atoms with E-state index in [2.05, 4.69) is 5.32 Å². The molecule has 134 valence electrons. The molecule has 0 amide bonds. The maximum absolute atomic E-state index is 14.1. The smallest absolute Gasteiger partial charge is 0.307 e. The highest BCUT2D eigenvalue weighted by Crippen LogP contribution is 2.20. The lowest BCUT2D eigenvalue weighted by atomic mass is 10.1. The van der Waals surface area contributed by atoms with Crippen molar-refractivity contribution in [3.63, 3.8) is 0 Å². The summed E-state index contributed by atoms with van der Waals surface area (Å²) in [4.78, 5) is 11.2. The fourth-order valence-corrected chi connectivity index (χ4v) is 2.27. The minimum atomic E-state index is -0.392. The molecule has 0 unspecified atom stereocenters. The Morgan fingerprint density at radius 1 is 1.12 bits per heavy atom. The van der Waals surface area contributed by atoms with Crippen molar-refractivity contribution in [2.75, 3.05) is 13.2 Å². The first kappa shape index (κ1) is 18.9. The van der Waals surface area contributed by atoms with Crippen LogP contribution in [-0.4, -0.2) is 19.1 Å². The van der Waals surface area contributed by atoms with Crippen LogP contribution in [0.25, 0.3) is 0 Å². The van der Waals surface area contributed by atoms with E-state index in [4.69, 9.17) is 9.47 Å². The summed E-state index contributed by atoms with van der Waals surface area (Å²) >= 11 is 0. The predicted octanol–water partition coefficient (Wildman–Crippen LogP) is 3.76. The number of rotatable bonds is 9. The summed E-state index contributed by atoms with van der Waals surface area (Å²) < 4.78 is 24.5. The van der Waals surface area contributed by atoms with E-state index < -0.39 is 5.82 Å². The Labute approximate surface area is 148 Å². The van der Waals surface area contributed by atoms with Gasteiger partial charge < -0.3 is 14.8 Å². The van der Waals surface area contributed by atoms with Crippen LogP contribution in [0.2, 0.25) is 0 Å². The largest absolute Gasteiger partial charge is 0.486 e. The second-order valence-electron chi connectivity index (χ2n) is 5.77. The molecule has 25 heavy (non-hydrogen) atoms. The zero-order chi connectivity index (χ0) is 18.1. The van der Waals surface area contributed by atoms with E-state index in [0.717, 1.165) is 11.1 Å². The number of aryl methyl sites for hydroxylation is 1. The monoisotopic (exact) mass is 345 g/mol. The molecule has 0 aliphatic rings. The third-order valence-corrected chi connectivity index (χ3v) is 3.65. The molecule has 0 heterocycles. The van der Waals surface area contributed by atoms with Crippen molar-refractivity contribution in [1.29, 1.82) is 0 Å². The number of carbonyl (C=O) groups excluding carboxylic acids is 1. The van der Waals surface area contributed by atoms with Crippen molar-refractivity contribution < 1.29 is 18.7 Å². The van der Waals surface area contributed by atoms with E-state index in [1.165, 1.54) is 11.6 Å². The molecule has 1 N–H and O–H groups in total. The maximum Gasteiger partial charge on any atom is 0.307 e. The van der Waals surface area contributed by atoms with Crippen molar-refractivity contribution in [2.24, 2.45) is 0 Å². The molecule has 0 radical (unpaired) electrons. The number of benzene rings is 2. The first-order valence-corrected chi connectivity index (χ1v) is 8.41. The van der Waals surface area contributed by atoms with Crippen LogP contribution in [0.5, 0.6) is 5.75 Å². The van der Waals surface area contributed by atoms with Crippen molar-refractivity contribution in [2.45, 2.75) is 33.4 Å². The minimum Gasteiger partial charge on any atom is -0.486 e. The fraction of sp³-hybridized carbons (Fsp3) is 0.350. The number of hydrogen-bond acceptors (Lipinski definition) is 4. The van der Waals surface area contributed by atoms with Crippen LogP contribution in [0.1, 0.15) is 30.0 Å². The molecule has 0 bridgehead atoms. The van der Waals surface area contributed by atoms with Gasteiger partial charge in [0.15, 0.2) is 11.6 Å². The van der Waals surface area contributed by atoms with Crippen LogP contribution in [0.15, 0.2) is 42.5 Å². The summed E-state index contributed by atoms with van der Waals surface area (Å²) in [6.45, 7) is 5.48. The van der Waals surface area contributed by atoms with E-state index in [9.17, 15) is 9.18 Å². The first-order chi connectivity index (χ1) is 12.1. The molecule has 0 aromatic heterocycles. The minimum absolute atomic E-state index is 0.232. The van der Waals surface area contributed by atoms with E-state index in [-0.39, 0.29) is 11.7 Å². The van der Waals surface area contributed by atoms with E-state index in [0.29, 0.717) is 32.7 Å². The van der Waals surface area contributed by atoms with Gasteiger partial charge in [-0.1, -0.05) is 35.9 Å². The average molecular weight is 345 g/mol. The fourth-order valence-electron chi connectivity index (χ4n) is 2.27. The Bertz CT molecular complexity index is 686. The number of ether oxygens (including phenoxy) is 2. The van der Waals surface area contributed by atoms with Gasteiger partial charge in [0.05, 0.1) is 13.0 Å². The molecule has 4 nitrogen and oxygen atoms in total. The predicted molar refractivity (Wildman–Crippen MR) is 94.9 cm³/mol. The van der Waals surface area contributed by atoms with Crippen molar-refractivity contribution in [3.8, 4) is 5.75 Å². The first-order valence-electron chi connectivity index (χ1n) is 8.41. The van der Waals surface area contributed by atoms with Crippen LogP contribution in [-0.2, 0) is 22.7 Å². The van der Waals surface area contributed by atoms with Crippen molar-refractivity contribution in [1.82, 2.24) is 5.32 Å². The molecular formula is C20H24FNO3. The van der Waals surface area contributed by atoms with Crippen LogP contribution < -0.4 is 10.1 Å². The number of hydrogen-bond donors (Lipinski definition) is 1. The highest BCUT2D eigenvalue weighted by Gasteiger charge is 2.06. The highest BCUT2D eigenvalue weighted by molar-refractivity contribution is 5.69. The molecular weight excluding hydrogens is 321 g/mol. The summed E-state index contributed by atoms with van der Waals surface area (Å²) in [6.07, 6.45) is 0.300. The molecule has 0 aliphatic carbocycles. The summed E-state index contributed by atoms with van der Waals surface area (Å²) in [5.41, 5.74) is 2.97. The van der Waals surface area contributed by atoms with Gasteiger partial charge in [0.2, 0.25) is 0 Å². The molecule has 0 aliphatic heterocycles. The highest BCUT2D eigenvalue weighted by atomic mass is 19.1. The number of carbonyl (C=O) groups is 1. The zero-order valence-electron chi connectivity index (χ0n) is 14.7. The lowest BCUT2D eigenvalue weighted by Gasteiger charge is -2.10. The van der Waals surface area contributed by atoms with Crippen LogP contribution in [0.3, 0.4) is 0 Å². The number of halogens is 1. The topological polar surface area (TPSA) is 47.6 Å². The maximum atomic E-state index is 14.1. The number of nitrogens with one attached hydrogen (secondary N) is 1. The van der Waals surface area contributed by atoms with Gasteiger partial charge in [-0.15, -0.1) is 0 Å². The molecule has 0 saturated carbocycles. The summed E-state index contributed by atoms with van der Waals surface area (Å²) in [6, 6.07) is 12.8. The van der Waals surface area contributed by atoms with Gasteiger partial charge in [0.25, 0.3) is 0 Å². The number of esters is 1. The Hall–Kier alpha value is -2.40. The quantitative estimate of drug-likeness (QED) is 0.555. The van der Waals surface area contributed by atoms with Crippen molar-refractivity contribution >= 4 is 5.97 Å². The Morgan fingerprint density at radius 3 is 2.52 bits per heavy atom. The van der Waals surface area contributed by atoms with Gasteiger partial charge in [-0.2, -0.15) is 0 Å². The standard InChI is InChI=1S/C20H24FNO3/c1-3-24-20(23)10-11-22-13-17-8-9-19(18(21)12-17)25-14-16-6-4-15(2)5-7-16/h4-9,12,22H,3,10-11,13-14H2,1-2H3. The van der Waals surface area contributed by atoms with E-state index in [1.807, 2.05) is 37.3 Å². The Balaban J connectivity index is 1.79. The molecule has 2 rings (SSSR count). The lowest BCUT2D eigenvalue weighted by Crippen LogP contribution is -2.19. The second-order valence-corrected chi connectivity index (χ2v) is 5.77.